The summed E-state index contributed by atoms with van der Waals surface area (Å²) in [5, 5.41) is 2.66. The number of methoxy groups -OCH3 is 1. The molecule has 1 aromatic heterocycles. The topological polar surface area (TPSA) is 68.3 Å². The molecule has 1 amide bonds. The summed E-state index contributed by atoms with van der Waals surface area (Å²) in [6.07, 6.45) is 2.40. The normalized spacial score (nSPS) is 10.2. The van der Waals surface area contributed by atoms with Crippen molar-refractivity contribution in [1.29, 1.82) is 0 Å². The van der Waals surface area contributed by atoms with Gasteiger partial charge in [0.15, 0.2) is 0 Å². The van der Waals surface area contributed by atoms with Crippen molar-refractivity contribution in [1.82, 2.24) is 10.3 Å². The van der Waals surface area contributed by atoms with Crippen LogP contribution in [0.5, 0.6) is 5.75 Å². The van der Waals surface area contributed by atoms with E-state index in [1.807, 2.05) is 37.3 Å². The van der Waals surface area contributed by atoms with Gasteiger partial charge in [-0.05, 0) is 48.7 Å². The molecule has 0 aliphatic heterocycles. The lowest BCUT2D eigenvalue weighted by Gasteiger charge is -2.06. The van der Waals surface area contributed by atoms with Crippen LogP contribution in [0.3, 0.4) is 0 Å². The first-order valence-electron chi connectivity index (χ1n) is 7.44. The molecule has 0 aliphatic carbocycles. The molecular weight excluding hydrogens is 292 g/mol. The zero-order valence-corrected chi connectivity index (χ0v) is 13.3. The summed E-state index contributed by atoms with van der Waals surface area (Å²) < 4.78 is 5.09. The van der Waals surface area contributed by atoms with Crippen LogP contribution < -0.4 is 10.1 Å². The molecular formula is C18H20N2O3. The molecule has 0 saturated heterocycles. The molecule has 1 heterocycles. The van der Waals surface area contributed by atoms with E-state index in [9.17, 15) is 9.59 Å². The number of rotatable bonds is 7. The molecule has 0 unspecified atom stereocenters. The van der Waals surface area contributed by atoms with Gasteiger partial charge >= 0.3 is 0 Å². The van der Waals surface area contributed by atoms with Gasteiger partial charge in [0.05, 0.1) is 7.11 Å². The number of ketones is 1. The Bertz CT molecular complexity index is 681. The first kappa shape index (κ1) is 16.7. The molecule has 5 nitrogen and oxygen atoms in total. The highest BCUT2D eigenvalue weighted by molar-refractivity contribution is 6.36. The summed E-state index contributed by atoms with van der Waals surface area (Å²) in [4.78, 5) is 27.8. The Balaban J connectivity index is 1.78. The Morgan fingerprint density at radius 3 is 2.52 bits per heavy atom. The number of aryl methyl sites for hydroxylation is 1. The fraction of sp³-hybridized carbons (Fsp3) is 0.278. The monoisotopic (exact) mass is 312 g/mol. The molecule has 0 atom stereocenters. The second-order valence-electron chi connectivity index (χ2n) is 5.26. The average Bonchev–Trinajstić information content (AvgIpc) is 2.55. The summed E-state index contributed by atoms with van der Waals surface area (Å²) in [6.45, 7) is 2.27. The lowest BCUT2D eigenvalue weighted by atomic mass is 10.1. The maximum absolute atomic E-state index is 11.9. The van der Waals surface area contributed by atoms with Gasteiger partial charge in [0, 0.05) is 24.9 Å². The molecule has 0 bridgehead atoms. The van der Waals surface area contributed by atoms with Crippen molar-refractivity contribution in [2.24, 2.45) is 0 Å². The summed E-state index contributed by atoms with van der Waals surface area (Å²) in [5.74, 6) is -0.195. The van der Waals surface area contributed by atoms with E-state index in [2.05, 4.69) is 10.3 Å². The summed E-state index contributed by atoms with van der Waals surface area (Å²) in [7, 11) is 1.62. The van der Waals surface area contributed by atoms with Crippen LogP contribution >= 0.6 is 0 Å². The van der Waals surface area contributed by atoms with Crippen LogP contribution in [0.1, 0.15) is 16.8 Å². The lowest BCUT2D eigenvalue weighted by Crippen LogP contribution is -2.33. The molecule has 5 heteroatoms. The van der Waals surface area contributed by atoms with Crippen LogP contribution in [0.25, 0.3) is 0 Å². The number of nitrogens with zero attached hydrogens (tertiary/aromatic N) is 1. The maximum Gasteiger partial charge on any atom is 0.287 e. The van der Waals surface area contributed by atoms with E-state index >= 15 is 0 Å². The number of amides is 1. The number of nitrogens with one attached hydrogen (secondary N) is 1. The molecule has 0 fully saturated rings. The van der Waals surface area contributed by atoms with Crippen molar-refractivity contribution < 1.29 is 14.3 Å². The minimum absolute atomic E-state index is 0.0950. The number of aromatic nitrogens is 1. The summed E-state index contributed by atoms with van der Waals surface area (Å²) in [6, 6.07) is 11.2. The molecule has 23 heavy (non-hydrogen) atoms. The highest BCUT2D eigenvalue weighted by Crippen LogP contribution is 2.11. The average molecular weight is 312 g/mol. The fourth-order valence-electron chi connectivity index (χ4n) is 2.19. The van der Waals surface area contributed by atoms with Crippen LogP contribution in [-0.4, -0.2) is 30.3 Å². The predicted octanol–water partition coefficient (Wildman–Crippen LogP) is 1.87. The molecule has 0 aliphatic rings. The summed E-state index contributed by atoms with van der Waals surface area (Å²) >= 11 is 0. The molecule has 1 aromatic carbocycles. The standard InChI is InChI=1S/C18H20N2O3/c1-13-11-15(8-9-19-13)12-17(21)18(22)20-10-7-14-3-5-16(23-2)6-4-14/h3-6,8-9,11H,7,10,12H2,1-2H3,(H,20,22). The van der Waals surface area contributed by atoms with Crippen molar-refractivity contribution in [3.8, 4) is 5.75 Å². The van der Waals surface area contributed by atoms with Gasteiger partial charge < -0.3 is 10.1 Å². The Kier molecular flexibility index (Phi) is 5.86. The second kappa shape index (κ2) is 8.08. The van der Waals surface area contributed by atoms with E-state index in [1.54, 1.807) is 19.4 Å². The molecule has 0 radical (unpaired) electrons. The van der Waals surface area contributed by atoms with Crippen molar-refractivity contribution in [3.05, 3.63) is 59.4 Å². The third-order valence-corrected chi connectivity index (χ3v) is 3.44. The Morgan fingerprint density at radius 2 is 1.87 bits per heavy atom. The zero-order chi connectivity index (χ0) is 16.7. The van der Waals surface area contributed by atoms with Gasteiger partial charge in [0.25, 0.3) is 5.91 Å². The minimum atomic E-state index is -0.548. The van der Waals surface area contributed by atoms with Gasteiger partial charge in [0.2, 0.25) is 5.78 Å². The Labute approximate surface area is 135 Å². The van der Waals surface area contributed by atoms with E-state index in [0.29, 0.717) is 13.0 Å². The highest BCUT2D eigenvalue weighted by Gasteiger charge is 2.13. The summed E-state index contributed by atoms with van der Waals surface area (Å²) in [5.41, 5.74) is 2.70. The van der Waals surface area contributed by atoms with Gasteiger partial charge in [-0.2, -0.15) is 0 Å². The van der Waals surface area contributed by atoms with E-state index in [-0.39, 0.29) is 6.42 Å². The van der Waals surface area contributed by atoms with Crippen molar-refractivity contribution in [3.63, 3.8) is 0 Å². The molecule has 120 valence electrons. The van der Waals surface area contributed by atoms with Crippen LogP contribution in [-0.2, 0) is 22.4 Å². The SMILES string of the molecule is COc1ccc(CCNC(=O)C(=O)Cc2ccnc(C)c2)cc1. The Hall–Kier alpha value is -2.69. The lowest BCUT2D eigenvalue weighted by molar-refractivity contribution is -0.137. The number of benzene rings is 1. The van der Waals surface area contributed by atoms with Gasteiger partial charge in [-0.25, -0.2) is 0 Å². The largest absolute Gasteiger partial charge is 0.497 e. The van der Waals surface area contributed by atoms with Gasteiger partial charge in [-0.1, -0.05) is 12.1 Å². The predicted molar refractivity (Wildman–Crippen MR) is 87.4 cm³/mol. The molecule has 0 spiro atoms. The van der Waals surface area contributed by atoms with Crippen LogP contribution in [0.4, 0.5) is 0 Å². The molecule has 0 saturated carbocycles. The van der Waals surface area contributed by atoms with E-state index in [4.69, 9.17) is 4.74 Å². The number of ether oxygens (including phenoxy) is 1. The fourth-order valence-corrected chi connectivity index (χ4v) is 2.19. The van der Waals surface area contributed by atoms with E-state index < -0.39 is 11.7 Å². The van der Waals surface area contributed by atoms with Crippen molar-refractivity contribution in [2.45, 2.75) is 19.8 Å². The molecule has 1 N–H and O–H groups in total. The van der Waals surface area contributed by atoms with Gasteiger partial charge in [0.1, 0.15) is 5.75 Å². The minimum Gasteiger partial charge on any atom is -0.497 e. The Morgan fingerprint density at radius 1 is 1.13 bits per heavy atom. The van der Waals surface area contributed by atoms with E-state index in [1.165, 1.54) is 0 Å². The number of pyridine rings is 1. The molecule has 2 rings (SSSR count). The van der Waals surface area contributed by atoms with Crippen LogP contribution in [0.2, 0.25) is 0 Å². The number of carbonyl (C=O) groups is 2. The quantitative estimate of drug-likeness (QED) is 0.793. The maximum atomic E-state index is 11.9. The van der Waals surface area contributed by atoms with E-state index in [0.717, 1.165) is 22.6 Å². The van der Waals surface area contributed by atoms with Crippen molar-refractivity contribution >= 4 is 11.7 Å². The zero-order valence-electron chi connectivity index (χ0n) is 13.3. The smallest absolute Gasteiger partial charge is 0.287 e. The number of hydrogen-bond donors (Lipinski definition) is 1. The number of hydrogen-bond acceptors (Lipinski definition) is 4. The number of carbonyl (C=O) groups excluding carboxylic acids is 2. The van der Waals surface area contributed by atoms with Crippen molar-refractivity contribution in [2.75, 3.05) is 13.7 Å². The third-order valence-electron chi connectivity index (χ3n) is 3.44. The first-order valence-corrected chi connectivity index (χ1v) is 7.44. The second-order valence-corrected chi connectivity index (χ2v) is 5.26. The van der Waals surface area contributed by atoms with Gasteiger partial charge in [-0.15, -0.1) is 0 Å². The third kappa shape index (κ3) is 5.21. The van der Waals surface area contributed by atoms with Gasteiger partial charge in [-0.3, -0.25) is 14.6 Å². The molecule has 2 aromatic rings. The highest BCUT2D eigenvalue weighted by atomic mass is 16.5. The van der Waals surface area contributed by atoms with Crippen LogP contribution in [0, 0.1) is 6.92 Å². The first-order chi connectivity index (χ1) is 11.1. The number of Topliss-reactive ketones (excluding diaryl/α,β-unsaturated/α-hetero) is 1. The van der Waals surface area contributed by atoms with Crippen LogP contribution in [0.15, 0.2) is 42.6 Å².